The third kappa shape index (κ3) is 3.31. The second-order valence-corrected chi connectivity index (χ2v) is 4.92. The highest BCUT2D eigenvalue weighted by molar-refractivity contribution is 9.10. The van der Waals surface area contributed by atoms with Crippen LogP contribution in [0.4, 0.5) is 0 Å². The van der Waals surface area contributed by atoms with Gasteiger partial charge >= 0.3 is 0 Å². The molecule has 0 aliphatic heterocycles. The number of rotatable bonds is 4. The summed E-state index contributed by atoms with van der Waals surface area (Å²) in [5.74, 6) is 0.684. The maximum atomic E-state index is 9.68. The van der Waals surface area contributed by atoms with Crippen molar-refractivity contribution in [3.63, 3.8) is 0 Å². The molecule has 0 spiro atoms. The van der Waals surface area contributed by atoms with E-state index in [0.717, 1.165) is 15.6 Å². The van der Waals surface area contributed by atoms with Crippen LogP contribution in [0.25, 0.3) is 0 Å². The number of ether oxygens (including phenoxy) is 1. The molecule has 1 atom stereocenters. The summed E-state index contributed by atoms with van der Waals surface area (Å²) in [7, 11) is 0. The van der Waals surface area contributed by atoms with Crippen molar-refractivity contribution in [2.24, 2.45) is 0 Å². The Morgan fingerprint density at radius 3 is 2.89 bits per heavy atom. The van der Waals surface area contributed by atoms with Gasteiger partial charge in [0.05, 0.1) is 6.10 Å². The first-order chi connectivity index (χ1) is 8.66. The molecule has 2 aromatic rings. The van der Waals surface area contributed by atoms with Crippen LogP contribution in [0.15, 0.2) is 47.2 Å². The molecule has 18 heavy (non-hydrogen) atoms. The van der Waals surface area contributed by atoms with E-state index in [4.69, 9.17) is 4.74 Å². The summed E-state index contributed by atoms with van der Waals surface area (Å²) in [4.78, 5) is 4.03. The second kappa shape index (κ2) is 5.98. The molecular formula is C14H14BrNO2. The van der Waals surface area contributed by atoms with Crippen LogP contribution in [0.2, 0.25) is 0 Å². The minimum atomic E-state index is -0.554. The fourth-order valence-electron chi connectivity index (χ4n) is 1.62. The van der Waals surface area contributed by atoms with Crippen LogP contribution in [0.3, 0.4) is 0 Å². The fourth-order valence-corrected chi connectivity index (χ4v) is 1.96. The Kier molecular flexibility index (Phi) is 4.33. The molecule has 4 heteroatoms. The van der Waals surface area contributed by atoms with Gasteiger partial charge in [-0.2, -0.15) is 0 Å². The molecular weight excluding hydrogens is 294 g/mol. The Hall–Kier alpha value is -1.39. The topological polar surface area (TPSA) is 42.4 Å². The molecule has 0 unspecified atom stereocenters. The van der Waals surface area contributed by atoms with Crippen molar-refractivity contribution in [1.82, 2.24) is 4.98 Å². The predicted octanol–water partition coefficient (Wildman–Crippen LogP) is 3.48. The average Bonchev–Trinajstić information content (AvgIpc) is 2.37. The maximum Gasteiger partial charge on any atom is 0.126 e. The van der Waals surface area contributed by atoms with E-state index < -0.39 is 6.10 Å². The number of aliphatic hydroxyl groups excluding tert-OH is 1. The van der Waals surface area contributed by atoms with Gasteiger partial charge < -0.3 is 9.84 Å². The third-order valence-corrected chi connectivity index (χ3v) is 3.04. The van der Waals surface area contributed by atoms with Crippen LogP contribution in [0.1, 0.15) is 24.2 Å². The highest BCUT2D eigenvalue weighted by atomic mass is 79.9. The van der Waals surface area contributed by atoms with E-state index in [1.54, 1.807) is 19.3 Å². The monoisotopic (exact) mass is 307 g/mol. The van der Waals surface area contributed by atoms with Gasteiger partial charge in [0.2, 0.25) is 0 Å². The van der Waals surface area contributed by atoms with E-state index in [1.807, 2.05) is 30.3 Å². The lowest BCUT2D eigenvalue weighted by Gasteiger charge is -2.13. The lowest BCUT2D eigenvalue weighted by molar-refractivity contribution is 0.190. The maximum absolute atomic E-state index is 9.68. The Balaban J connectivity index is 2.15. The molecule has 1 aromatic heterocycles. The van der Waals surface area contributed by atoms with E-state index in [-0.39, 0.29) is 0 Å². The van der Waals surface area contributed by atoms with Crippen molar-refractivity contribution in [3.8, 4) is 5.75 Å². The van der Waals surface area contributed by atoms with Gasteiger partial charge in [0, 0.05) is 28.0 Å². The Morgan fingerprint density at radius 1 is 1.39 bits per heavy atom. The molecule has 0 amide bonds. The van der Waals surface area contributed by atoms with E-state index in [0.29, 0.717) is 12.4 Å². The molecule has 0 saturated heterocycles. The zero-order valence-electron chi connectivity index (χ0n) is 10.0. The van der Waals surface area contributed by atoms with Gasteiger partial charge in [-0.25, -0.2) is 0 Å². The van der Waals surface area contributed by atoms with Crippen LogP contribution >= 0.6 is 15.9 Å². The molecule has 0 aliphatic carbocycles. The number of halogens is 1. The van der Waals surface area contributed by atoms with Crippen LogP contribution < -0.4 is 4.74 Å². The summed E-state index contributed by atoms with van der Waals surface area (Å²) < 4.78 is 6.66. The number of pyridine rings is 1. The van der Waals surface area contributed by atoms with E-state index in [9.17, 15) is 5.11 Å². The van der Waals surface area contributed by atoms with Crippen LogP contribution in [-0.4, -0.2) is 10.1 Å². The Morgan fingerprint density at radius 2 is 2.22 bits per heavy atom. The normalized spacial score (nSPS) is 12.2. The van der Waals surface area contributed by atoms with Gasteiger partial charge in [-0.1, -0.05) is 28.1 Å². The molecule has 0 saturated carbocycles. The number of hydrogen-bond donors (Lipinski definition) is 1. The van der Waals surface area contributed by atoms with Gasteiger partial charge in [0.15, 0.2) is 0 Å². The predicted molar refractivity (Wildman–Crippen MR) is 73.3 cm³/mol. The van der Waals surface area contributed by atoms with Crippen LogP contribution in [-0.2, 0) is 6.61 Å². The van der Waals surface area contributed by atoms with Crippen molar-refractivity contribution in [1.29, 1.82) is 0 Å². The highest BCUT2D eigenvalue weighted by Gasteiger charge is 2.09. The minimum Gasteiger partial charge on any atom is -0.488 e. The first-order valence-electron chi connectivity index (χ1n) is 5.66. The number of benzene rings is 1. The largest absolute Gasteiger partial charge is 0.488 e. The standard InChI is InChI=1S/C14H14BrNO2/c1-10(17)13-5-4-12(15)7-14(13)18-9-11-3-2-6-16-8-11/h2-8,10,17H,9H2,1H3/t10-/m0/s1. The zero-order chi connectivity index (χ0) is 13.0. The van der Waals surface area contributed by atoms with Gasteiger partial charge in [-0.05, 0) is 25.1 Å². The summed E-state index contributed by atoms with van der Waals surface area (Å²) in [5.41, 5.74) is 1.77. The first kappa shape index (κ1) is 13.1. The SMILES string of the molecule is C[C@H](O)c1ccc(Br)cc1OCc1cccnc1. The quantitative estimate of drug-likeness (QED) is 0.940. The summed E-state index contributed by atoms with van der Waals surface area (Å²) in [6, 6.07) is 9.42. The van der Waals surface area contributed by atoms with Crippen molar-refractivity contribution < 1.29 is 9.84 Å². The number of hydrogen-bond acceptors (Lipinski definition) is 3. The molecule has 1 N–H and O–H groups in total. The highest BCUT2D eigenvalue weighted by Crippen LogP contribution is 2.29. The molecule has 0 radical (unpaired) electrons. The fraction of sp³-hybridized carbons (Fsp3) is 0.214. The van der Waals surface area contributed by atoms with Crippen molar-refractivity contribution in [2.75, 3.05) is 0 Å². The smallest absolute Gasteiger partial charge is 0.126 e. The molecule has 0 aliphatic rings. The molecule has 0 fully saturated rings. The number of aromatic nitrogens is 1. The number of nitrogens with zero attached hydrogens (tertiary/aromatic N) is 1. The third-order valence-electron chi connectivity index (χ3n) is 2.54. The van der Waals surface area contributed by atoms with Gasteiger partial charge in [0.25, 0.3) is 0 Å². The van der Waals surface area contributed by atoms with Crippen molar-refractivity contribution in [2.45, 2.75) is 19.6 Å². The lowest BCUT2D eigenvalue weighted by Crippen LogP contribution is -2.01. The van der Waals surface area contributed by atoms with Crippen molar-refractivity contribution in [3.05, 3.63) is 58.3 Å². The molecule has 0 bridgehead atoms. The molecule has 1 aromatic carbocycles. The molecule has 94 valence electrons. The molecule has 3 nitrogen and oxygen atoms in total. The van der Waals surface area contributed by atoms with Crippen LogP contribution in [0, 0.1) is 0 Å². The van der Waals surface area contributed by atoms with E-state index in [2.05, 4.69) is 20.9 Å². The second-order valence-electron chi connectivity index (χ2n) is 4.01. The lowest BCUT2D eigenvalue weighted by atomic mass is 10.1. The minimum absolute atomic E-state index is 0.435. The Labute approximate surface area is 115 Å². The molecule has 2 rings (SSSR count). The van der Waals surface area contributed by atoms with Gasteiger partial charge in [-0.15, -0.1) is 0 Å². The first-order valence-corrected chi connectivity index (χ1v) is 6.45. The Bertz CT molecular complexity index is 514. The van der Waals surface area contributed by atoms with E-state index in [1.165, 1.54) is 0 Å². The summed E-state index contributed by atoms with van der Waals surface area (Å²) >= 11 is 3.40. The number of aliphatic hydroxyl groups is 1. The average molecular weight is 308 g/mol. The summed E-state index contributed by atoms with van der Waals surface area (Å²) in [6.45, 7) is 2.16. The zero-order valence-corrected chi connectivity index (χ0v) is 11.6. The van der Waals surface area contributed by atoms with E-state index >= 15 is 0 Å². The summed E-state index contributed by atoms with van der Waals surface area (Å²) in [6.07, 6.45) is 2.94. The van der Waals surface area contributed by atoms with Gasteiger partial charge in [-0.3, -0.25) is 4.98 Å². The molecule has 1 heterocycles. The van der Waals surface area contributed by atoms with Crippen molar-refractivity contribution >= 4 is 15.9 Å². The van der Waals surface area contributed by atoms with Gasteiger partial charge in [0.1, 0.15) is 12.4 Å². The summed E-state index contributed by atoms with van der Waals surface area (Å²) in [5, 5.41) is 9.68. The van der Waals surface area contributed by atoms with Crippen LogP contribution in [0.5, 0.6) is 5.75 Å².